The molecule has 4 N–H and O–H groups in total. The van der Waals surface area contributed by atoms with Gasteiger partial charge in [-0.2, -0.15) is 0 Å². The molecule has 3 atom stereocenters. The van der Waals surface area contributed by atoms with Crippen LogP contribution in [0.2, 0.25) is 0 Å². The molecule has 5 heteroatoms. The van der Waals surface area contributed by atoms with Crippen molar-refractivity contribution in [2.45, 2.75) is 45.2 Å². The number of nitrogens with one attached hydrogen (secondary N) is 1. The van der Waals surface area contributed by atoms with Crippen molar-refractivity contribution in [2.24, 2.45) is 11.7 Å². The first-order chi connectivity index (χ1) is 9.95. The quantitative estimate of drug-likeness (QED) is 0.684. The molecular formula is C16H24N2O3. The maximum atomic E-state index is 11.9. The first-order valence-corrected chi connectivity index (χ1v) is 7.28. The third-order valence-electron chi connectivity index (χ3n) is 3.71. The number of carbonyl (C=O) groups excluding carboxylic acids is 1. The van der Waals surface area contributed by atoms with Crippen LogP contribution in [0.15, 0.2) is 30.3 Å². The highest BCUT2D eigenvalue weighted by atomic mass is 16.4. The molecule has 0 saturated heterocycles. The fourth-order valence-electron chi connectivity index (χ4n) is 2.08. The average Bonchev–Trinajstić information content (AvgIpc) is 2.50. The number of carboxylic acids is 1. The summed E-state index contributed by atoms with van der Waals surface area (Å²) in [5.41, 5.74) is 7.00. The van der Waals surface area contributed by atoms with Gasteiger partial charge in [0, 0.05) is 12.5 Å². The summed E-state index contributed by atoms with van der Waals surface area (Å²) < 4.78 is 0. The maximum absolute atomic E-state index is 11.9. The zero-order valence-electron chi connectivity index (χ0n) is 12.6. The molecule has 116 valence electrons. The number of aliphatic carboxylic acids is 1. The lowest BCUT2D eigenvalue weighted by Gasteiger charge is -2.20. The summed E-state index contributed by atoms with van der Waals surface area (Å²) in [6.45, 7) is 3.72. The molecule has 0 aromatic heterocycles. The summed E-state index contributed by atoms with van der Waals surface area (Å²) in [7, 11) is 0. The fraction of sp³-hybridized carbons (Fsp3) is 0.500. The first kappa shape index (κ1) is 17.2. The van der Waals surface area contributed by atoms with Gasteiger partial charge in [-0.05, 0) is 17.9 Å². The summed E-state index contributed by atoms with van der Waals surface area (Å²) >= 11 is 0. The minimum atomic E-state index is -0.995. The molecule has 1 unspecified atom stereocenters. The van der Waals surface area contributed by atoms with Crippen LogP contribution in [0.3, 0.4) is 0 Å². The number of benzene rings is 1. The van der Waals surface area contributed by atoms with Crippen LogP contribution in [0.5, 0.6) is 0 Å². The van der Waals surface area contributed by atoms with E-state index in [0.29, 0.717) is 12.8 Å². The van der Waals surface area contributed by atoms with Crippen LogP contribution >= 0.6 is 0 Å². The van der Waals surface area contributed by atoms with Gasteiger partial charge in [0.15, 0.2) is 0 Å². The molecule has 1 aromatic carbocycles. The minimum Gasteiger partial charge on any atom is -0.480 e. The van der Waals surface area contributed by atoms with Crippen molar-refractivity contribution < 1.29 is 14.7 Å². The van der Waals surface area contributed by atoms with Crippen molar-refractivity contribution in [3.63, 3.8) is 0 Å². The van der Waals surface area contributed by atoms with E-state index in [0.717, 1.165) is 5.56 Å². The molecule has 0 radical (unpaired) electrons. The predicted molar refractivity (Wildman–Crippen MR) is 81.6 cm³/mol. The Morgan fingerprint density at radius 1 is 1.29 bits per heavy atom. The third kappa shape index (κ3) is 5.55. The predicted octanol–water partition coefficient (Wildman–Crippen LogP) is 2.08. The van der Waals surface area contributed by atoms with Crippen LogP contribution in [-0.4, -0.2) is 23.0 Å². The van der Waals surface area contributed by atoms with Crippen molar-refractivity contribution in [3.8, 4) is 0 Å². The Morgan fingerprint density at radius 2 is 1.90 bits per heavy atom. The van der Waals surface area contributed by atoms with E-state index in [-0.39, 0.29) is 24.3 Å². The standard InChI is InChI=1S/C16H24N2O3/c1-3-11(2)15(16(20)21)18-14(19)10-9-13(17)12-7-5-4-6-8-12/h4-8,11,13,15H,3,9-10,17H2,1-2H3,(H,18,19)(H,20,21)/t11-,13?,15-/m0/s1. The van der Waals surface area contributed by atoms with Crippen molar-refractivity contribution in [1.82, 2.24) is 5.32 Å². The van der Waals surface area contributed by atoms with E-state index in [9.17, 15) is 9.59 Å². The molecule has 1 rings (SSSR count). The fourth-order valence-corrected chi connectivity index (χ4v) is 2.08. The normalized spacial score (nSPS) is 15.0. The summed E-state index contributed by atoms with van der Waals surface area (Å²) in [5, 5.41) is 11.7. The van der Waals surface area contributed by atoms with E-state index < -0.39 is 12.0 Å². The number of hydrogen-bond donors (Lipinski definition) is 3. The van der Waals surface area contributed by atoms with E-state index in [1.54, 1.807) is 0 Å². The number of hydrogen-bond acceptors (Lipinski definition) is 3. The Kier molecular flexibility index (Phi) is 6.88. The molecule has 1 amide bonds. The van der Waals surface area contributed by atoms with Crippen molar-refractivity contribution in [2.75, 3.05) is 0 Å². The van der Waals surface area contributed by atoms with Gasteiger partial charge in [0.2, 0.25) is 5.91 Å². The highest BCUT2D eigenvalue weighted by Gasteiger charge is 2.25. The van der Waals surface area contributed by atoms with E-state index in [1.807, 2.05) is 44.2 Å². The molecule has 0 saturated carbocycles. The van der Waals surface area contributed by atoms with E-state index in [2.05, 4.69) is 5.32 Å². The lowest BCUT2D eigenvalue weighted by Crippen LogP contribution is -2.45. The number of amides is 1. The Balaban J connectivity index is 2.48. The van der Waals surface area contributed by atoms with Crippen LogP contribution in [0, 0.1) is 5.92 Å². The van der Waals surface area contributed by atoms with E-state index in [1.165, 1.54) is 0 Å². The third-order valence-corrected chi connectivity index (χ3v) is 3.71. The van der Waals surface area contributed by atoms with E-state index in [4.69, 9.17) is 10.8 Å². The van der Waals surface area contributed by atoms with Crippen LogP contribution in [0.1, 0.15) is 44.7 Å². The number of nitrogens with two attached hydrogens (primary N) is 1. The number of carbonyl (C=O) groups is 2. The molecule has 0 spiro atoms. The largest absolute Gasteiger partial charge is 0.480 e. The second-order valence-corrected chi connectivity index (χ2v) is 5.32. The molecule has 0 aliphatic carbocycles. The monoisotopic (exact) mass is 292 g/mol. The van der Waals surface area contributed by atoms with Crippen LogP contribution in [0.4, 0.5) is 0 Å². The Morgan fingerprint density at radius 3 is 2.43 bits per heavy atom. The minimum absolute atomic E-state index is 0.103. The van der Waals surface area contributed by atoms with Crippen molar-refractivity contribution in [3.05, 3.63) is 35.9 Å². The van der Waals surface area contributed by atoms with Gasteiger partial charge in [-0.1, -0.05) is 50.6 Å². The van der Waals surface area contributed by atoms with Gasteiger partial charge in [-0.25, -0.2) is 4.79 Å². The highest BCUT2D eigenvalue weighted by Crippen LogP contribution is 2.15. The lowest BCUT2D eigenvalue weighted by atomic mass is 9.98. The second-order valence-electron chi connectivity index (χ2n) is 5.32. The summed E-state index contributed by atoms with van der Waals surface area (Å²) in [6.07, 6.45) is 1.40. The molecule has 0 heterocycles. The first-order valence-electron chi connectivity index (χ1n) is 7.28. The molecule has 0 aliphatic heterocycles. The smallest absolute Gasteiger partial charge is 0.326 e. The van der Waals surface area contributed by atoms with Crippen LogP contribution in [0.25, 0.3) is 0 Å². The molecule has 21 heavy (non-hydrogen) atoms. The Hall–Kier alpha value is -1.88. The maximum Gasteiger partial charge on any atom is 0.326 e. The van der Waals surface area contributed by atoms with Gasteiger partial charge in [0.25, 0.3) is 0 Å². The molecular weight excluding hydrogens is 268 g/mol. The van der Waals surface area contributed by atoms with Crippen molar-refractivity contribution >= 4 is 11.9 Å². The summed E-state index contributed by atoms with van der Waals surface area (Å²) in [5.74, 6) is -1.37. The Bertz CT molecular complexity index is 462. The van der Waals surface area contributed by atoms with Crippen LogP contribution in [-0.2, 0) is 9.59 Å². The highest BCUT2D eigenvalue weighted by molar-refractivity contribution is 5.83. The average molecular weight is 292 g/mol. The van der Waals surface area contributed by atoms with Crippen LogP contribution < -0.4 is 11.1 Å². The second kappa shape index (κ2) is 8.42. The zero-order valence-corrected chi connectivity index (χ0v) is 12.6. The number of rotatable bonds is 8. The summed E-state index contributed by atoms with van der Waals surface area (Å²) in [4.78, 5) is 23.0. The van der Waals surface area contributed by atoms with Gasteiger partial charge in [-0.3, -0.25) is 4.79 Å². The van der Waals surface area contributed by atoms with Gasteiger partial charge in [0.05, 0.1) is 0 Å². The number of carboxylic acid groups (broad SMARTS) is 1. The van der Waals surface area contributed by atoms with E-state index >= 15 is 0 Å². The van der Waals surface area contributed by atoms with Crippen molar-refractivity contribution in [1.29, 1.82) is 0 Å². The molecule has 0 bridgehead atoms. The van der Waals surface area contributed by atoms with Gasteiger partial charge in [0.1, 0.15) is 6.04 Å². The SMILES string of the molecule is CC[C@H](C)[C@H](NC(=O)CCC(N)c1ccccc1)C(=O)O. The van der Waals surface area contributed by atoms with Gasteiger partial charge in [-0.15, -0.1) is 0 Å². The molecule has 0 aliphatic rings. The molecule has 1 aromatic rings. The molecule has 5 nitrogen and oxygen atoms in total. The molecule has 0 fully saturated rings. The summed E-state index contributed by atoms with van der Waals surface area (Å²) in [6, 6.07) is 8.49. The Labute approximate surface area is 125 Å². The van der Waals surface area contributed by atoms with Gasteiger partial charge < -0.3 is 16.2 Å². The van der Waals surface area contributed by atoms with Gasteiger partial charge >= 0.3 is 5.97 Å². The zero-order chi connectivity index (χ0) is 15.8. The lowest BCUT2D eigenvalue weighted by molar-refractivity contribution is -0.143. The topological polar surface area (TPSA) is 92.4 Å².